The largest absolute Gasteiger partial charge is 0.493 e. The number of ether oxygens (including phenoxy) is 4. The molecule has 0 spiro atoms. The van der Waals surface area contributed by atoms with Crippen molar-refractivity contribution in [3.8, 4) is 29.1 Å². The lowest BCUT2D eigenvalue weighted by molar-refractivity contribution is 0.355. The number of allylic oxidation sites excluding steroid dienone is 1. The van der Waals surface area contributed by atoms with E-state index in [1.165, 1.54) is 0 Å². The summed E-state index contributed by atoms with van der Waals surface area (Å²) < 4.78 is 21.0. The highest BCUT2D eigenvalue weighted by molar-refractivity contribution is 5.90. The van der Waals surface area contributed by atoms with Crippen LogP contribution >= 0.6 is 0 Å². The number of nitriles is 1. The molecule has 2 aromatic carbocycles. The van der Waals surface area contributed by atoms with Crippen LogP contribution in [0.5, 0.6) is 23.0 Å². The second-order valence-electron chi connectivity index (χ2n) is 4.85. The van der Waals surface area contributed by atoms with Gasteiger partial charge in [0.1, 0.15) is 0 Å². The van der Waals surface area contributed by atoms with Gasteiger partial charge in [0, 0.05) is 0 Å². The summed E-state index contributed by atoms with van der Waals surface area (Å²) in [5.41, 5.74) is 2.08. The summed E-state index contributed by atoms with van der Waals surface area (Å²) in [7, 11) is 6.29. The van der Waals surface area contributed by atoms with Crippen molar-refractivity contribution in [2.75, 3.05) is 28.4 Å². The minimum absolute atomic E-state index is 0.503. The summed E-state index contributed by atoms with van der Waals surface area (Å²) in [6, 6.07) is 13.1. The van der Waals surface area contributed by atoms with Crippen LogP contribution in [-0.4, -0.2) is 28.4 Å². The van der Waals surface area contributed by atoms with Crippen molar-refractivity contribution >= 4 is 11.6 Å². The second kappa shape index (κ2) is 7.93. The molecule has 0 heterocycles. The number of rotatable bonds is 6. The average molecular weight is 325 g/mol. The Morgan fingerprint density at radius 2 is 1.33 bits per heavy atom. The molecule has 5 nitrogen and oxygen atoms in total. The Morgan fingerprint density at radius 3 is 1.88 bits per heavy atom. The van der Waals surface area contributed by atoms with Gasteiger partial charge in [0.15, 0.2) is 23.0 Å². The first-order valence-electron chi connectivity index (χ1n) is 7.23. The van der Waals surface area contributed by atoms with E-state index >= 15 is 0 Å². The zero-order chi connectivity index (χ0) is 17.5. The Labute approximate surface area is 141 Å². The lowest BCUT2D eigenvalue weighted by atomic mass is 10.0. The Kier molecular flexibility index (Phi) is 5.69. The Bertz CT molecular complexity index is 790. The number of methoxy groups -OCH3 is 4. The maximum Gasteiger partial charge on any atom is 0.161 e. The molecule has 124 valence electrons. The van der Waals surface area contributed by atoms with Crippen LogP contribution in [-0.2, 0) is 0 Å². The number of hydrogen-bond donors (Lipinski definition) is 0. The van der Waals surface area contributed by atoms with Gasteiger partial charge in [0.25, 0.3) is 0 Å². The minimum atomic E-state index is 0.503. The van der Waals surface area contributed by atoms with E-state index in [2.05, 4.69) is 6.07 Å². The van der Waals surface area contributed by atoms with Crippen LogP contribution in [0, 0.1) is 11.3 Å². The van der Waals surface area contributed by atoms with Gasteiger partial charge in [-0.25, -0.2) is 0 Å². The fourth-order valence-electron chi connectivity index (χ4n) is 2.29. The van der Waals surface area contributed by atoms with E-state index in [0.717, 1.165) is 11.1 Å². The van der Waals surface area contributed by atoms with Crippen molar-refractivity contribution in [1.82, 2.24) is 0 Å². The number of benzene rings is 2. The van der Waals surface area contributed by atoms with Crippen molar-refractivity contribution < 1.29 is 18.9 Å². The van der Waals surface area contributed by atoms with Crippen LogP contribution in [0.25, 0.3) is 11.6 Å². The molecule has 0 amide bonds. The average Bonchev–Trinajstić information content (AvgIpc) is 2.65. The predicted octanol–water partition coefficient (Wildman–Crippen LogP) is 3.79. The number of hydrogen-bond acceptors (Lipinski definition) is 5. The monoisotopic (exact) mass is 325 g/mol. The molecule has 2 aromatic rings. The molecular formula is C19H19NO4. The van der Waals surface area contributed by atoms with Crippen LogP contribution in [0.3, 0.4) is 0 Å². The highest BCUT2D eigenvalue weighted by atomic mass is 16.5. The summed E-state index contributed by atoms with van der Waals surface area (Å²) in [4.78, 5) is 0. The molecule has 0 fully saturated rings. The molecule has 2 rings (SSSR count). The predicted molar refractivity (Wildman–Crippen MR) is 92.6 cm³/mol. The van der Waals surface area contributed by atoms with E-state index in [0.29, 0.717) is 28.6 Å². The normalized spacial score (nSPS) is 10.7. The van der Waals surface area contributed by atoms with Crippen LogP contribution in [0.4, 0.5) is 0 Å². The molecule has 0 aliphatic rings. The third-order valence-electron chi connectivity index (χ3n) is 3.53. The maximum absolute atomic E-state index is 9.51. The fourth-order valence-corrected chi connectivity index (χ4v) is 2.29. The summed E-state index contributed by atoms with van der Waals surface area (Å²) in [6.45, 7) is 0. The van der Waals surface area contributed by atoms with Gasteiger partial charge < -0.3 is 18.9 Å². The lowest BCUT2D eigenvalue weighted by Crippen LogP contribution is -1.93. The first-order chi connectivity index (χ1) is 11.7. The van der Waals surface area contributed by atoms with E-state index in [4.69, 9.17) is 18.9 Å². The maximum atomic E-state index is 9.51. The molecule has 5 heteroatoms. The van der Waals surface area contributed by atoms with Gasteiger partial charge in [0.2, 0.25) is 0 Å². The van der Waals surface area contributed by atoms with Gasteiger partial charge in [0.05, 0.1) is 40.1 Å². The van der Waals surface area contributed by atoms with E-state index < -0.39 is 0 Å². The molecule has 24 heavy (non-hydrogen) atoms. The number of nitrogens with zero attached hydrogens (tertiary/aromatic N) is 1. The van der Waals surface area contributed by atoms with Gasteiger partial charge in [-0.3, -0.25) is 0 Å². The van der Waals surface area contributed by atoms with E-state index in [1.807, 2.05) is 18.2 Å². The minimum Gasteiger partial charge on any atom is -0.493 e. The smallest absolute Gasteiger partial charge is 0.161 e. The first-order valence-corrected chi connectivity index (χ1v) is 7.23. The van der Waals surface area contributed by atoms with Crippen molar-refractivity contribution in [2.45, 2.75) is 0 Å². The lowest BCUT2D eigenvalue weighted by Gasteiger charge is -2.10. The molecule has 0 unspecified atom stereocenters. The molecule has 0 atom stereocenters. The van der Waals surface area contributed by atoms with Crippen molar-refractivity contribution in [3.05, 3.63) is 47.5 Å². The van der Waals surface area contributed by atoms with Crippen molar-refractivity contribution in [2.24, 2.45) is 0 Å². The quantitative estimate of drug-likeness (QED) is 0.597. The molecule has 0 bridgehead atoms. The van der Waals surface area contributed by atoms with Gasteiger partial charge >= 0.3 is 0 Å². The van der Waals surface area contributed by atoms with Gasteiger partial charge in [-0.15, -0.1) is 0 Å². The second-order valence-corrected chi connectivity index (χ2v) is 4.85. The van der Waals surface area contributed by atoms with E-state index in [-0.39, 0.29) is 0 Å². The first kappa shape index (κ1) is 17.2. The summed E-state index contributed by atoms with van der Waals surface area (Å²) >= 11 is 0. The highest BCUT2D eigenvalue weighted by Crippen LogP contribution is 2.32. The summed E-state index contributed by atoms with van der Waals surface area (Å²) in [6.07, 6.45) is 1.78. The Balaban J connectivity index is 2.45. The topological polar surface area (TPSA) is 60.7 Å². The van der Waals surface area contributed by atoms with Crippen LogP contribution in [0.2, 0.25) is 0 Å². The third kappa shape index (κ3) is 3.61. The van der Waals surface area contributed by atoms with Crippen LogP contribution in [0.15, 0.2) is 36.4 Å². The van der Waals surface area contributed by atoms with E-state index in [1.54, 1.807) is 52.7 Å². The fraction of sp³-hybridized carbons (Fsp3) is 0.211. The molecule has 0 radical (unpaired) electrons. The molecule has 0 N–H and O–H groups in total. The van der Waals surface area contributed by atoms with Crippen molar-refractivity contribution in [3.63, 3.8) is 0 Å². The van der Waals surface area contributed by atoms with Gasteiger partial charge in [-0.05, 0) is 47.5 Å². The molecular weight excluding hydrogens is 306 g/mol. The third-order valence-corrected chi connectivity index (χ3v) is 3.53. The Morgan fingerprint density at radius 1 is 0.792 bits per heavy atom. The molecule has 0 aliphatic heterocycles. The highest BCUT2D eigenvalue weighted by Gasteiger charge is 2.09. The Hall–Kier alpha value is -3.13. The standard InChI is InChI=1S/C19H19NO4/c1-21-16-7-5-13(10-18(16)23-3)9-15(12-20)14-6-8-17(22-2)19(11-14)24-4/h5-11H,1-4H3. The van der Waals surface area contributed by atoms with Crippen LogP contribution < -0.4 is 18.9 Å². The summed E-state index contributed by atoms with van der Waals surface area (Å²) in [5, 5.41) is 9.51. The van der Waals surface area contributed by atoms with Gasteiger partial charge in [-0.1, -0.05) is 6.07 Å². The zero-order valence-corrected chi connectivity index (χ0v) is 14.1. The van der Waals surface area contributed by atoms with E-state index in [9.17, 15) is 5.26 Å². The molecule has 0 aromatic heterocycles. The SMILES string of the molecule is COc1ccc(C=C(C#N)c2ccc(OC)c(OC)c2)cc1OC. The molecule has 0 saturated carbocycles. The van der Waals surface area contributed by atoms with Crippen molar-refractivity contribution in [1.29, 1.82) is 5.26 Å². The van der Waals surface area contributed by atoms with Crippen LogP contribution in [0.1, 0.15) is 11.1 Å². The zero-order valence-electron chi connectivity index (χ0n) is 14.1. The summed E-state index contributed by atoms with van der Waals surface area (Å²) in [5.74, 6) is 2.43. The molecule has 0 aliphatic carbocycles. The van der Waals surface area contributed by atoms with Gasteiger partial charge in [-0.2, -0.15) is 5.26 Å². The molecule has 0 saturated heterocycles.